The lowest BCUT2D eigenvalue weighted by molar-refractivity contribution is 0.151. The zero-order valence-electron chi connectivity index (χ0n) is 8.69. The fourth-order valence-corrected chi connectivity index (χ4v) is 1.19. The molecular weight excluding hydrogens is 194 g/mol. The highest BCUT2D eigenvalue weighted by Crippen LogP contribution is 2.04. The van der Waals surface area contributed by atoms with E-state index in [0.29, 0.717) is 13.2 Å². The molecule has 0 aliphatic heterocycles. The number of aliphatic hydroxyl groups is 1. The van der Waals surface area contributed by atoms with E-state index in [1.54, 1.807) is 6.92 Å². The lowest BCUT2D eigenvalue weighted by atomic mass is 10.1. The van der Waals surface area contributed by atoms with E-state index in [-0.39, 0.29) is 6.61 Å². The Morgan fingerprint density at radius 2 is 2.20 bits per heavy atom. The number of carbonyl (C=O) groups is 1. The molecule has 0 atom stereocenters. The maximum Gasteiger partial charge on any atom is 0.407 e. The number of benzene rings is 1. The van der Waals surface area contributed by atoms with Crippen molar-refractivity contribution in [2.75, 3.05) is 6.61 Å². The zero-order valence-corrected chi connectivity index (χ0v) is 8.69. The molecular formula is C11H15NO3. The first kappa shape index (κ1) is 11.5. The third kappa shape index (κ3) is 3.99. The molecule has 0 aromatic heterocycles. The molecule has 0 aliphatic carbocycles. The largest absolute Gasteiger partial charge is 0.450 e. The van der Waals surface area contributed by atoms with Gasteiger partial charge in [-0.05, 0) is 18.1 Å². The van der Waals surface area contributed by atoms with E-state index in [0.717, 1.165) is 11.1 Å². The van der Waals surface area contributed by atoms with Crippen molar-refractivity contribution in [2.45, 2.75) is 20.1 Å². The Hall–Kier alpha value is -1.55. The molecule has 0 heterocycles. The number of aliphatic hydroxyl groups excluding tert-OH is 1. The van der Waals surface area contributed by atoms with Crippen LogP contribution in [-0.4, -0.2) is 17.8 Å². The van der Waals surface area contributed by atoms with E-state index in [1.165, 1.54) is 0 Å². The fraction of sp³-hybridized carbons (Fsp3) is 0.364. The summed E-state index contributed by atoms with van der Waals surface area (Å²) in [5.74, 6) is 0. The molecule has 0 aliphatic rings. The van der Waals surface area contributed by atoms with Crippen molar-refractivity contribution in [3.8, 4) is 0 Å². The lowest BCUT2D eigenvalue weighted by Crippen LogP contribution is -2.23. The number of hydrogen-bond donors (Lipinski definition) is 2. The average Bonchev–Trinajstić information content (AvgIpc) is 2.27. The van der Waals surface area contributed by atoms with Crippen LogP contribution in [0.15, 0.2) is 24.3 Å². The highest BCUT2D eigenvalue weighted by atomic mass is 16.5. The van der Waals surface area contributed by atoms with Gasteiger partial charge in [0.25, 0.3) is 0 Å². The first-order valence-electron chi connectivity index (χ1n) is 4.85. The van der Waals surface area contributed by atoms with Gasteiger partial charge in [-0.1, -0.05) is 24.3 Å². The minimum Gasteiger partial charge on any atom is -0.450 e. The molecule has 0 radical (unpaired) electrons. The topological polar surface area (TPSA) is 58.6 Å². The SMILES string of the molecule is CCOC(=O)NCc1cccc(CO)c1. The Kier molecular flexibility index (Phi) is 4.63. The molecule has 1 aromatic rings. The molecule has 82 valence electrons. The van der Waals surface area contributed by atoms with Gasteiger partial charge in [-0.3, -0.25) is 0 Å². The monoisotopic (exact) mass is 209 g/mol. The summed E-state index contributed by atoms with van der Waals surface area (Å²) in [5.41, 5.74) is 1.77. The van der Waals surface area contributed by atoms with Gasteiger partial charge in [0.1, 0.15) is 0 Å². The van der Waals surface area contributed by atoms with Crippen LogP contribution >= 0.6 is 0 Å². The van der Waals surface area contributed by atoms with E-state index in [2.05, 4.69) is 5.32 Å². The van der Waals surface area contributed by atoms with E-state index >= 15 is 0 Å². The third-order valence-corrected chi connectivity index (χ3v) is 1.89. The third-order valence-electron chi connectivity index (χ3n) is 1.89. The molecule has 4 nitrogen and oxygen atoms in total. The summed E-state index contributed by atoms with van der Waals surface area (Å²) in [6, 6.07) is 7.39. The van der Waals surface area contributed by atoms with Gasteiger partial charge in [-0.2, -0.15) is 0 Å². The molecule has 0 saturated carbocycles. The highest BCUT2D eigenvalue weighted by Gasteiger charge is 2.00. The van der Waals surface area contributed by atoms with Crippen molar-refractivity contribution in [3.63, 3.8) is 0 Å². The molecule has 1 rings (SSSR count). The van der Waals surface area contributed by atoms with Crippen LogP contribution in [-0.2, 0) is 17.9 Å². The number of ether oxygens (including phenoxy) is 1. The molecule has 1 aromatic carbocycles. The summed E-state index contributed by atoms with van der Waals surface area (Å²) in [5, 5.41) is 11.5. The highest BCUT2D eigenvalue weighted by molar-refractivity contribution is 5.67. The summed E-state index contributed by atoms with van der Waals surface area (Å²) >= 11 is 0. The normalized spacial score (nSPS) is 9.73. The standard InChI is InChI=1S/C11H15NO3/c1-2-15-11(14)12-7-9-4-3-5-10(6-9)8-13/h3-6,13H,2,7-8H2,1H3,(H,12,14). The van der Waals surface area contributed by atoms with Crippen LogP contribution in [0.3, 0.4) is 0 Å². The van der Waals surface area contributed by atoms with Crippen LogP contribution in [0.4, 0.5) is 4.79 Å². The second-order valence-corrected chi connectivity index (χ2v) is 3.05. The van der Waals surface area contributed by atoms with E-state index in [1.807, 2.05) is 24.3 Å². The maximum absolute atomic E-state index is 11.0. The Balaban J connectivity index is 2.46. The number of hydrogen-bond acceptors (Lipinski definition) is 3. The van der Waals surface area contributed by atoms with Crippen LogP contribution in [0.25, 0.3) is 0 Å². The van der Waals surface area contributed by atoms with Crippen LogP contribution in [0.5, 0.6) is 0 Å². The number of amides is 1. The lowest BCUT2D eigenvalue weighted by Gasteiger charge is -2.06. The van der Waals surface area contributed by atoms with E-state index in [4.69, 9.17) is 9.84 Å². The number of nitrogens with one attached hydrogen (secondary N) is 1. The summed E-state index contributed by atoms with van der Waals surface area (Å²) in [7, 11) is 0. The van der Waals surface area contributed by atoms with Gasteiger partial charge in [0, 0.05) is 6.54 Å². The molecule has 0 unspecified atom stereocenters. The van der Waals surface area contributed by atoms with Crippen molar-refractivity contribution in [3.05, 3.63) is 35.4 Å². The Bertz CT molecular complexity index is 325. The Morgan fingerprint density at radius 1 is 1.47 bits per heavy atom. The molecule has 0 fully saturated rings. The predicted octanol–water partition coefficient (Wildman–Crippen LogP) is 1.43. The molecule has 4 heteroatoms. The maximum atomic E-state index is 11.0. The van der Waals surface area contributed by atoms with Crippen molar-refractivity contribution in [1.82, 2.24) is 5.32 Å². The molecule has 15 heavy (non-hydrogen) atoms. The second kappa shape index (κ2) is 6.03. The van der Waals surface area contributed by atoms with Crippen molar-refractivity contribution in [1.29, 1.82) is 0 Å². The number of rotatable bonds is 4. The smallest absolute Gasteiger partial charge is 0.407 e. The minimum atomic E-state index is -0.424. The first-order chi connectivity index (χ1) is 7.26. The molecule has 0 spiro atoms. The average molecular weight is 209 g/mol. The fourth-order valence-electron chi connectivity index (χ4n) is 1.19. The van der Waals surface area contributed by atoms with Gasteiger partial charge in [0.2, 0.25) is 0 Å². The van der Waals surface area contributed by atoms with Gasteiger partial charge in [0.05, 0.1) is 13.2 Å². The molecule has 0 bridgehead atoms. The predicted molar refractivity (Wildman–Crippen MR) is 56.2 cm³/mol. The first-order valence-corrected chi connectivity index (χ1v) is 4.85. The van der Waals surface area contributed by atoms with Crippen LogP contribution < -0.4 is 5.32 Å². The molecule has 1 amide bonds. The van der Waals surface area contributed by atoms with Crippen LogP contribution in [0.2, 0.25) is 0 Å². The Morgan fingerprint density at radius 3 is 2.87 bits per heavy atom. The molecule has 2 N–H and O–H groups in total. The Labute approximate surface area is 88.9 Å². The van der Waals surface area contributed by atoms with E-state index < -0.39 is 6.09 Å². The van der Waals surface area contributed by atoms with E-state index in [9.17, 15) is 4.79 Å². The number of alkyl carbamates (subject to hydrolysis) is 1. The van der Waals surface area contributed by atoms with Gasteiger partial charge < -0.3 is 15.2 Å². The van der Waals surface area contributed by atoms with Crippen molar-refractivity contribution >= 4 is 6.09 Å². The van der Waals surface area contributed by atoms with Gasteiger partial charge in [-0.15, -0.1) is 0 Å². The quantitative estimate of drug-likeness (QED) is 0.788. The summed E-state index contributed by atoms with van der Waals surface area (Å²) < 4.78 is 4.72. The molecule has 0 saturated heterocycles. The van der Waals surface area contributed by atoms with Gasteiger partial charge in [0.15, 0.2) is 0 Å². The van der Waals surface area contributed by atoms with Crippen molar-refractivity contribution in [2.24, 2.45) is 0 Å². The second-order valence-electron chi connectivity index (χ2n) is 3.05. The van der Waals surface area contributed by atoms with Crippen molar-refractivity contribution < 1.29 is 14.6 Å². The summed E-state index contributed by atoms with van der Waals surface area (Å²) in [6.45, 7) is 2.54. The van der Waals surface area contributed by atoms with Gasteiger partial charge >= 0.3 is 6.09 Å². The van der Waals surface area contributed by atoms with Gasteiger partial charge in [-0.25, -0.2) is 4.79 Å². The van der Waals surface area contributed by atoms with Crippen LogP contribution in [0, 0.1) is 0 Å². The minimum absolute atomic E-state index is 0.00719. The summed E-state index contributed by atoms with van der Waals surface area (Å²) in [6.07, 6.45) is -0.424. The summed E-state index contributed by atoms with van der Waals surface area (Å²) in [4.78, 5) is 11.0. The number of carbonyl (C=O) groups excluding carboxylic acids is 1. The zero-order chi connectivity index (χ0) is 11.1. The van der Waals surface area contributed by atoms with Crippen LogP contribution in [0.1, 0.15) is 18.1 Å².